The minimum absolute atomic E-state index is 0.207. The first-order valence-corrected chi connectivity index (χ1v) is 8.91. The number of carbonyl (C=O) groups is 3. The smallest absolute Gasteiger partial charge is 0.414 e. The van der Waals surface area contributed by atoms with Crippen LogP contribution in [-0.2, 0) is 14.3 Å². The third-order valence-corrected chi connectivity index (χ3v) is 4.73. The van der Waals surface area contributed by atoms with Crippen molar-refractivity contribution in [3.63, 3.8) is 0 Å². The molecule has 2 aliphatic rings. The Morgan fingerprint density at radius 3 is 2.64 bits per heavy atom. The quantitative estimate of drug-likeness (QED) is 0.763. The van der Waals surface area contributed by atoms with Gasteiger partial charge in [-0.1, -0.05) is 0 Å². The van der Waals surface area contributed by atoms with Crippen LogP contribution < -0.4 is 15.1 Å². The van der Waals surface area contributed by atoms with E-state index >= 15 is 0 Å². The van der Waals surface area contributed by atoms with Gasteiger partial charge < -0.3 is 19.9 Å². The lowest BCUT2D eigenvalue weighted by Gasteiger charge is -2.35. The number of nitrogens with zero attached hydrogens (tertiary/aromatic N) is 3. The SMILES string of the molecule is C#CC(=O)N1CCN(c2ccc(N3C[C@H](CNC(C)=O)OC3=O)cc2F)CC1. The molecule has 0 aromatic heterocycles. The number of ether oxygens (including phenoxy) is 1. The normalized spacial score (nSPS) is 19.2. The van der Waals surface area contributed by atoms with Crippen molar-refractivity contribution in [3.05, 3.63) is 24.0 Å². The molecule has 0 unspecified atom stereocenters. The van der Waals surface area contributed by atoms with Gasteiger partial charge in [0.15, 0.2) is 0 Å². The molecular formula is C19H21FN4O4. The van der Waals surface area contributed by atoms with E-state index < -0.39 is 18.0 Å². The maximum absolute atomic E-state index is 14.7. The van der Waals surface area contributed by atoms with E-state index in [2.05, 4.69) is 11.2 Å². The van der Waals surface area contributed by atoms with Crippen LogP contribution in [-0.4, -0.2) is 68.2 Å². The van der Waals surface area contributed by atoms with E-state index in [1.165, 1.54) is 17.9 Å². The Balaban J connectivity index is 1.65. The summed E-state index contributed by atoms with van der Waals surface area (Å²) in [6.07, 6.45) is 4.06. The largest absolute Gasteiger partial charge is 0.442 e. The van der Waals surface area contributed by atoms with Gasteiger partial charge in [0.2, 0.25) is 5.91 Å². The third kappa shape index (κ3) is 4.17. The number of halogens is 1. The zero-order chi connectivity index (χ0) is 20.3. The molecule has 3 rings (SSSR count). The zero-order valence-electron chi connectivity index (χ0n) is 15.5. The van der Waals surface area contributed by atoms with Crippen LogP contribution >= 0.6 is 0 Å². The van der Waals surface area contributed by atoms with Gasteiger partial charge in [0.05, 0.1) is 24.5 Å². The van der Waals surface area contributed by atoms with Crippen LogP contribution in [0.15, 0.2) is 18.2 Å². The summed E-state index contributed by atoms with van der Waals surface area (Å²) in [6, 6.07) is 4.55. The number of carbonyl (C=O) groups excluding carboxylic acids is 3. The number of hydrogen-bond donors (Lipinski definition) is 1. The Morgan fingerprint density at radius 1 is 1.32 bits per heavy atom. The van der Waals surface area contributed by atoms with Gasteiger partial charge in [0.25, 0.3) is 5.91 Å². The minimum Gasteiger partial charge on any atom is -0.442 e. The monoisotopic (exact) mass is 388 g/mol. The summed E-state index contributed by atoms with van der Waals surface area (Å²) in [5.74, 6) is 1.04. The van der Waals surface area contributed by atoms with Crippen molar-refractivity contribution in [2.24, 2.45) is 0 Å². The third-order valence-electron chi connectivity index (χ3n) is 4.73. The Kier molecular flexibility index (Phi) is 5.68. The van der Waals surface area contributed by atoms with Crippen LogP contribution in [0, 0.1) is 18.2 Å². The Labute approximate surface area is 162 Å². The first kappa shape index (κ1) is 19.5. The highest BCUT2D eigenvalue weighted by molar-refractivity contribution is 5.93. The number of hydrogen-bond acceptors (Lipinski definition) is 5. The molecule has 0 radical (unpaired) electrons. The molecule has 9 heteroatoms. The number of amides is 3. The van der Waals surface area contributed by atoms with Crippen LogP contribution in [0.4, 0.5) is 20.6 Å². The molecule has 2 saturated heterocycles. The number of piperazine rings is 1. The molecule has 1 atom stereocenters. The van der Waals surface area contributed by atoms with E-state index in [9.17, 15) is 18.8 Å². The van der Waals surface area contributed by atoms with E-state index in [4.69, 9.17) is 11.2 Å². The van der Waals surface area contributed by atoms with Crippen LogP contribution in [0.2, 0.25) is 0 Å². The molecule has 0 spiro atoms. The average molecular weight is 388 g/mol. The fourth-order valence-electron chi connectivity index (χ4n) is 3.26. The summed E-state index contributed by atoms with van der Waals surface area (Å²) in [6.45, 7) is 3.60. The molecule has 2 aliphatic heterocycles. The van der Waals surface area contributed by atoms with Gasteiger partial charge in [-0.3, -0.25) is 14.5 Å². The van der Waals surface area contributed by atoms with Gasteiger partial charge >= 0.3 is 6.09 Å². The van der Waals surface area contributed by atoms with Crippen molar-refractivity contribution in [2.45, 2.75) is 13.0 Å². The second-order valence-electron chi connectivity index (χ2n) is 6.61. The highest BCUT2D eigenvalue weighted by Gasteiger charge is 2.33. The molecule has 1 aromatic rings. The van der Waals surface area contributed by atoms with Crippen molar-refractivity contribution in [2.75, 3.05) is 49.1 Å². The summed E-state index contributed by atoms with van der Waals surface area (Å²) in [4.78, 5) is 39.3. The van der Waals surface area contributed by atoms with Crippen LogP contribution in [0.25, 0.3) is 0 Å². The van der Waals surface area contributed by atoms with E-state index in [0.717, 1.165) is 0 Å². The van der Waals surface area contributed by atoms with Gasteiger partial charge in [-0.25, -0.2) is 9.18 Å². The predicted molar refractivity (Wildman–Crippen MR) is 100 cm³/mol. The van der Waals surface area contributed by atoms with Gasteiger partial charge in [-0.05, 0) is 24.1 Å². The fraction of sp³-hybridized carbons (Fsp3) is 0.421. The molecule has 28 heavy (non-hydrogen) atoms. The lowest BCUT2D eigenvalue weighted by atomic mass is 10.2. The van der Waals surface area contributed by atoms with Gasteiger partial charge in [-0.2, -0.15) is 0 Å². The lowest BCUT2D eigenvalue weighted by molar-refractivity contribution is -0.125. The van der Waals surface area contributed by atoms with Crippen LogP contribution in [0.3, 0.4) is 0 Å². The molecule has 0 bridgehead atoms. The summed E-state index contributed by atoms with van der Waals surface area (Å²) in [5, 5.41) is 2.60. The summed E-state index contributed by atoms with van der Waals surface area (Å²) >= 11 is 0. The summed E-state index contributed by atoms with van der Waals surface area (Å²) in [7, 11) is 0. The first-order chi connectivity index (χ1) is 13.4. The zero-order valence-corrected chi connectivity index (χ0v) is 15.5. The summed E-state index contributed by atoms with van der Waals surface area (Å²) < 4.78 is 19.9. The minimum atomic E-state index is -0.580. The first-order valence-electron chi connectivity index (χ1n) is 8.91. The number of cyclic esters (lactones) is 1. The van der Waals surface area contributed by atoms with Crippen molar-refractivity contribution < 1.29 is 23.5 Å². The number of rotatable bonds is 4. The topological polar surface area (TPSA) is 82.2 Å². The Hall–Kier alpha value is -3.28. The van der Waals surface area contributed by atoms with Crippen molar-refractivity contribution >= 4 is 29.3 Å². The number of benzene rings is 1. The van der Waals surface area contributed by atoms with E-state index in [1.807, 2.05) is 4.90 Å². The van der Waals surface area contributed by atoms with E-state index in [0.29, 0.717) is 37.6 Å². The molecule has 0 aliphatic carbocycles. The van der Waals surface area contributed by atoms with Crippen molar-refractivity contribution in [3.8, 4) is 12.3 Å². The molecular weight excluding hydrogens is 367 g/mol. The molecule has 1 aromatic carbocycles. The molecule has 2 fully saturated rings. The predicted octanol–water partition coefficient (Wildman–Crippen LogP) is 0.569. The van der Waals surface area contributed by atoms with Crippen molar-refractivity contribution in [1.82, 2.24) is 10.2 Å². The summed E-state index contributed by atoms with van der Waals surface area (Å²) in [5.41, 5.74) is 0.789. The maximum Gasteiger partial charge on any atom is 0.414 e. The van der Waals surface area contributed by atoms with Gasteiger partial charge in [-0.15, -0.1) is 6.42 Å². The second kappa shape index (κ2) is 8.17. The molecule has 148 valence electrons. The molecule has 8 nitrogen and oxygen atoms in total. The number of terminal acetylenes is 1. The molecule has 0 saturated carbocycles. The maximum atomic E-state index is 14.7. The van der Waals surface area contributed by atoms with E-state index in [1.54, 1.807) is 17.0 Å². The lowest BCUT2D eigenvalue weighted by Crippen LogP contribution is -2.48. The van der Waals surface area contributed by atoms with Crippen molar-refractivity contribution in [1.29, 1.82) is 0 Å². The van der Waals surface area contributed by atoms with Crippen LogP contribution in [0.5, 0.6) is 0 Å². The number of anilines is 2. The Bertz CT molecular complexity index is 830. The second-order valence-corrected chi connectivity index (χ2v) is 6.61. The number of nitrogens with one attached hydrogen (secondary N) is 1. The van der Waals surface area contributed by atoms with Crippen LogP contribution in [0.1, 0.15) is 6.92 Å². The molecule has 2 heterocycles. The van der Waals surface area contributed by atoms with Gasteiger partial charge in [0.1, 0.15) is 11.9 Å². The highest BCUT2D eigenvalue weighted by Crippen LogP contribution is 2.28. The Morgan fingerprint density at radius 2 is 2.04 bits per heavy atom. The average Bonchev–Trinajstić information content (AvgIpc) is 3.06. The molecule has 3 amide bonds. The highest BCUT2D eigenvalue weighted by atomic mass is 19.1. The standard InChI is InChI=1S/C19H21FN4O4/c1-3-18(26)23-8-6-22(7-9-23)17-5-4-14(10-16(17)20)24-12-15(28-19(24)27)11-21-13(2)25/h1,4-5,10,15H,6-9,11-12H2,2H3,(H,21,25)/t15-/m0/s1. The fourth-order valence-corrected chi connectivity index (χ4v) is 3.26. The van der Waals surface area contributed by atoms with Gasteiger partial charge in [0, 0.05) is 33.1 Å². The molecule has 1 N–H and O–H groups in total. The van der Waals surface area contributed by atoms with E-state index in [-0.39, 0.29) is 24.9 Å².